The number of carbonyl (C=O) groups excluding carboxylic acids is 1. The van der Waals surface area contributed by atoms with Crippen molar-refractivity contribution in [2.75, 3.05) is 13.7 Å². The van der Waals surface area contributed by atoms with Gasteiger partial charge in [0.05, 0.1) is 24.8 Å². The Morgan fingerprint density at radius 3 is 3.00 bits per heavy atom. The molecule has 1 aliphatic heterocycles. The smallest absolute Gasteiger partial charge is 0.273 e. The standard InChI is InChI=1S/C21H23N7O2/c1-13(2)28-16(6-8-24-28)21(29)26-10-7-14-19(23-12-22-14)20(26)15-11-17-18(30-3)5-4-9-27(17)25-15/h4-6,8-9,11-13,20H,7,10H2,1-3H3,(H,22,23). The minimum atomic E-state index is -0.396. The van der Waals surface area contributed by atoms with Gasteiger partial charge in [0, 0.05) is 37.1 Å². The maximum atomic E-state index is 13.6. The summed E-state index contributed by atoms with van der Waals surface area (Å²) in [6.07, 6.45) is 5.93. The molecule has 5 rings (SSSR count). The fourth-order valence-corrected chi connectivity index (χ4v) is 4.15. The molecule has 1 amide bonds. The van der Waals surface area contributed by atoms with Gasteiger partial charge in [-0.05, 0) is 38.1 Å². The lowest BCUT2D eigenvalue weighted by Crippen LogP contribution is -2.42. The van der Waals surface area contributed by atoms with Crippen LogP contribution >= 0.6 is 0 Å². The number of imidazole rings is 1. The number of rotatable bonds is 4. The normalized spacial score (nSPS) is 16.3. The molecule has 9 heteroatoms. The summed E-state index contributed by atoms with van der Waals surface area (Å²) in [6.45, 7) is 4.59. The Labute approximate surface area is 173 Å². The number of hydrogen-bond donors (Lipinski definition) is 1. The number of fused-ring (bicyclic) bond motifs is 2. The quantitative estimate of drug-likeness (QED) is 0.563. The second-order valence-corrected chi connectivity index (χ2v) is 7.65. The van der Waals surface area contributed by atoms with Gasteiger partial charge in [-0.3, -0.25) is 9.48 Å². The molecule has 9 nitrogen and oxygen atoms in total. The summed E-state index contributed by atoms with van der Waals surface area (Å²) in [4.78, 5) is 23.2. The Hall–Kier alpha value is -3.62. The van der Waals surface area contributed by atoms with Crippen molar-refractivity contribution in [2.24, 2.45) is 0 Å². The second-order valence-electron chi connectivity index (χ2n) is 7.65. The van der Waals surface area contributed by atoms with Gasteiger partial charge in [0.1, 0.15) is 23.0 Å². The van der Waals surface area contributed by atoms with Crippen LogP contribution in [0.3, 0.4) is 0 Å². The molecule has 1 atom stereocenters. The number of H-pyrrole nitrogens is 1. The van der Waals surface area contributed by atoms with Crippen molar-refractivity contribution in [3.8, 4) is 5.75 Å². The number of amides is 1. The maximum absolute atomic E-state index is 13.6. The average molecular weight is 405 g/mol. The van der Waals surface area contributed by atoms with Crippen molar-refractivity contribution in [1.82, 2.24) is 34.3 Å². The van der Waals surface area contributed by atoms with E-state index in [1.165, 1.54) is 0 Å². The fourth-order valence-electron chi connectivity index (χ4n) is 4.15. The van der Waals surface area contributed by atoms with Crippen molar-refractivity contribution in [3.05, 3.63) is 65.8 Å². The lowest BCUT2D eigenvalue weighted by atomic mass is 9.99. The molecule has 1 unspecified atom stereocenters. The zero-order valence-electron chi connectivity index (χ0n) is 17.1. The lowest BCUT2D eigenvalue weighted by molar-refractivity contribution is 0.0672. The Bertz CT molecular complexity index is 1220. The molecule has 1 N–H and O–H groups in total. The number of methoxy groups -OCH3 is 1. The van der Waals surface area contributed by atoms with Gasteiger partial charge in [0.25, 0.3) is 5.91 Å². The summed E-state index contributed by atoms with van der Waals surface area (Å²) in [7, 11) is 1.64. The first-order valence-corrected chi connectivity index (χ1v) is 9.97. The molecule has 0 spiro atoms. The summed E-state index contributed by atoms with van der Waals surface area (Å²) in [5.74, 6) is 0.647. The molecule has 30 heavy (non-hydrogen) atoms. The first kappa shape index (κ1) is 18.4. The van der Waals surface area contributed by atoms with Gasteiger partial charge in [-0.2, -0.15) is 10.2 Å². The predicted molar refractivity (Wildman–Crippen MR) is 110 cm³/mol. The molecule has 0 fully saturated rings. The van der Waals surface area contributed by atoms with Crippen LogP contribution in [-0.2, 0) is 6.42 Å². The molecule has 0 aliphatic carbocycles. The topological polar surface area (TPSA) is 93.3 Å². The highest BCUT2D eigenvalue weighted by molar-refractivity contribution is 5.93. The number of nitrogens with zero attached hydrogens (tertiary/aromatic N) is 6. The molecular formula is C21H23N7O2. The van der Waals surface area contributed by atoms with E-state index in [4.69, 9.17) is 9.84 Å². The van der Waals surface area contributed by atoms with E-state index in [2.05, 4.69) is 15.1 Å². The van der Waals surface area contributed by atoms with Gasteiger partial charge >= 0.3 is 0 Å². The molecule has 0 saturated heterocycles. The first-order chi connectivity index (χ1) is 14.6. The van der Waals surface area contributed by atoms with E-state index >= 15 is 0 Å². The van der Waals surface area contributed by atoms with Crippen LogP contribution in [0, 0.1) is 0 Å². The van der Waals surface area contributed by atoms with Gasteiger partial charge in [-0.1, -0.05) is 0 Å². The highest BCUT2D eigenvalue weighted by atomic mass is 16.5. The van der Waals surface area contributed by atoms with Crippen LogP contribution in [0.25, 0.3) is 5.52 Å². The van der Waals surface area contributed by atoms with Crippen LogP contribution in [0.2, 0.25) is 0 Å². The number of carbonyl (C=O) groups is 1. The van der Waals surface area contributed by atoms with E-state index in [-0.39, 0.29) is 11.9 Å². The van der Waals surface area contributed by atoms with Gasteiger partial charge in [0.2, 0.25) is 0 Å². The van der Waals surface area contributed by atoms with E-state index in [0.717, 1.165) is 28.3 Å². The maximum Gasteiger partial charge on any atom is 0.273 e. The molecule has 1 aliphatic rings. The van der Waals surface area contributed by atoms with Crippen molar-refractivity contribution in [3.63, 3.8) is 0 Å². The monoisotopic (exact) mass is 405 g/mol. The van der Waals surface area contributed by atoms with Crippen molar-refractivity contribution < 1.29 is 9.53 Å². The molecule has 0 radical (unpaired) electrons. The Kier molecular flexibility index (Phi) is 4.30. The summed E-state index contributed by atoms with van der Waals surface area (Å²) >= 11 is 0. The van der Waals surface area contributed by atoms with Crippen molar-refractivity contribution in [2.45, 2.75) is 32.4 Å². The van der Waals surface area contributed by atoms with E-state index < -0.39 is 6.04 Å². The van der Waals surface area contributed by atoms with Crippen LogP contribution in [0.4, 0.5) is 0 Å². The van der Waals surface area contributed by atoms with Crippen molar-refractivity contribution in [1.29, 1.82) is 0 Å². The molecule has 4 aromatic rings. The van der Waals surface area contributed by atoms with Crippen LogP contribution in [0.15, 0.2) is 43.0 Å². The number of aromatic amines is 1. The fraction of sp³-hybridized carbons (Fsp3) is 0.333. The summed E-state index contributed by atoms with van der Waals surface area (Å²) in [5.41, 5.74) is 4.02. The lowest BCUT2D eigenvalue weighted by Gasteiger charge is -2.34. The van der Waals surface area contributed by atoms with Crippen LogP contribution in [0.5, 0.6) is 5.75 Å². The SMILES string of the molecule is COc1cccn2nc(C3c4nc[nH]c4CCN3C(=O)c3ccnn3C(C)C)cc12. The van der Waals surface area contributed by atoms with Crippen LogP contribution < -0.4 is 4.74 Å². The zero-order chi connectivity index (χ0) is 20.8. The minimum absolute atomic E-state index is 0.0797. The molecule has 0 bridgehead atoms. The van der Waals surface area contributed by atoms with Crippen molar-refractivity contribution >= 4 is 11.4 Å². The third-order valence-electron chi connectivity index (χ3n) is 5.55. The summed E-state index contributed by atoms with van der Waals surface area (Å²) < 4.78 is 9.01. The number of aromatic nitrogens is 6. The molecule has 5 heterocycles. The van der Waals surface area contributed by atoms with Gasteiger partial charge < -0.3 is 14.6 Å². The number of pyridine rings is 1. The second kappa shape index (κ2) is 7.01. The van der Waals surface area contributed by atoms with Crippen LogP contribution in [0.1, 0.15) is 53.5 Å². The first-order valence-electron chi connectivity index (χ1n) is 9.97. The Morgan fingerprint density at radius 2 is 2.20 bits per heavy atom. The Morgan fingerprint density at radius 1 is 1.33 bits per heavy atom. The molecule has 0 aromatic carbocycles. The van der Waals surface area contributed by atoms with E-state index in [1.807, 2.05) is 43.1 Å². The molecule has 4 aromatic heterocycles. The van der Waals surface area contributed by atoms with E-state index in [1.54, 1.807) is 34.9 Å². The summed E-state index contributed by atoms with van der Waals surface area (Å²) in [6, 6.07) is 7.20. The third kappa shape index (κ3) is 2.77. The number of ether oxygens (including phenoxy) is 1. The highest BCUT2D eigenvalue weighted by Crippen LogP contribution is 2.35. The minimum Gasteiger partial charge on any atom is -0.494 e. The van der Waals surface area contributed by atoms with Gasteiger partial charge in [-0.25, -0.2) is 9.50 Å². The third-order valence-corrected chi connectivity index (χ3v) is 5.55. The zero-order valence-corrected chi connectivity index (χ0v) is 17.1. The van der Waals surface area contributed by atoms with E-state index in [9.17, 15) is 4.79 Å². The Balaban J connectivity index is 1.63. The largest absolute Gasteiger partial charge is 0.494 e. The molecule has 0 saturated carbocycles. The number of nitrogens with one attached hydrogen (secondary N) is 1. The molecule has 154 valence electrons. The van der Waals surface area contributed by atoms with Gasteiger partial charge in [0.15, 0.2) is 0 Å². The van der Waals surface area contributed by atoms with Crippen LogP contribution in [-0.4, -0.2) is 53.8 Å². The van der Waals surface area contributed by atoms with E-state index in [0.29, 0.717) is 18.7 Å². The number of hydrogen-bond acceptors (Lipinski definition) is 5. The highest BCUT2D eigenvalue weighted by Gasteiger charge is 2.37. The average Bonchev–Trinajstić information content (AvgIpc) is 3.50. The summed E-state index contributed by atoms with van der Waals surface area (Å²) in [5, 5.41) is 9.09. The van der Waals surface area contributed by atoms with Gasteiger partial charge in [-0.15, -0.1) is 0 Å². The molecular weight excluding hydrogens is 382 g/mol. The predicted octanol–water partition coefficient (Wildman–Crippen LogP) is 2.63.